The fourth-order valence-corrected chi connectivity index (χ4v) is 3.82. The monoisotopic (exact) mass is 380 g/mol. The van der Waals surface area contributed by atoms with Crippen molar-refractivity contribution >= 4 is 16.8 Å². The van der Waals surface area contributed by atoms with Crippen molar-refractivity contribution in [3.05, 3.63) is 71.7 Å². The van der Waals surface area contributed by atoms with E-state index in [1.807, 2.05) is 25.2 Å². The number of para-hydroxylation sites is 1. The maximum Gasteiger partial charge on any atom is 0.220 e. The van der Waals surface area contributed by atoms with E-state index in [1.54, 1.807) is 12.1 Å². The molecule has 2 aromatic carbocycles. The van der Waals surface area contributed by atoms with E-state index in [-0.39, 0.29) is 17.6 Å². The molecule has 1 amide bonds. The van der Waals surface area contributed by atoms with Crippen molar-refractivity contribution in [3.8, 4) is 0 Å². The Kier molecular flexibility index (Phi) is 6.85. The van der Waals surface area contributed by atoms with Crippen molar-refractivity contribution < 1.29 is 9.18 Å². The quantitative estimate of drug-likeness (QED) is 0.486. The molecule has 3 nitrogen and oxygen atoms in total. The summed E-state index contributed by atoms with van der Waals surface area (Å²) >= 11 is 0. The van der Waals surface area contributed by atoms with Crippen LogP contribution in [0.1, 0.15) is 56.1 Å². The van der Waals surface area contributed by atoms with Crippen LogP contribution in [0.2, 0.25) is 0 Å². The van der Waals surface area contributed by atoms with Gasteiger partial charge >= 0.3 is 0 Å². The summed E-state index contributed by atoms with van der Waals surface area (Å²) in [6.45, 7) is 2.87. The smallest absolute Gasteiger partial charge is 0.220 e. The zero-order valence-electron chi connectivity index (χ0n) is 16.7. The van der Waals surface area contributed by atoms with Gasteiger partial charge in [0.15, 0.2) is 0 Å². The minimum Gasteiger partial charge on any atom is -0.356 e. The van der Waals surface area contributed by atoms with Crippen molar-refractivity contribution in [1.82, 2.24) is 9.88 Å². The highest BCUT2D eigenvalue weighted by atomic mass is 19.1. The highest BCUT2D eigenvalue weighted by Crippen LogP contribution is 2.34. The van der Waals surface area contributed by atoms with Crippen molar-refractivity contribution in [2.45, 2.75) is 44.9 Å². The van der Waals surface area contributed by atoms with Gasteiger partial charge in [-0.25, -0.2) is 4.39 Å². The lowest BCUT2D eigenvalue weighted by molar-refractivity contribution is -0.121. The van der Waals surface area contributed by atoms with Gasteiger partial charge in [-0.3, -0.25) is 4.79 Å². The number of benzene rings is 2. The van der Waals surface area contributed by atoms with Crippen LogP contribution >= 0.6 is 0 Å². The molecule has 0 bridgehead atoms. The van der Waals surface area contributed by atoms with Crippen LogP contribution in [0.25, 0.3) is 10.9 Å². The number of nitrogens with one attached hydrogen (secondary N) is 1. The molecule has 1 N–H and O–H groups in total. The number of carbonyl (C=O) groups excluding carboxylic acids is 1. The van der Waals surface area contributed by atoms with Crippen LogP contribution in [0.4, 0.5) is 4.39 Å². The normalized spacial score (nSPS) is 12.2. The number of unbranched alkanes of at least 4 members (excludes halogenated alkanes) is 3. The van der Waals surface area contributed by atoms with Crippen LogP contribution in [0.15, 0.2) is 54.7 Å². The maximum atomic E-state index is 13.9. The van der Waals surface area contributed by atoms with Gasteiger partial charge in [0, 0.05) is 43.0 Å². The van der Waals surface area contributed by atoms with Crippen LogP contribution in [0.3, 0.4) is 0 Å². The average molecular weight is 381 g/mol. The molecule has 1 atom stereocenters. The zero-order valence-corrected chi connectivity index (χ0v) is 16.7. The molecule has 148 valence electrons. The molecule has 0 spiro atoms. The van der Waals surface area contributed by atoms with Gasteiger partial charge in [0.25, 0.3) is 0 Å². The standard InChI is InChI=1S/C24H29FN2O/c1-3-4-5-8-14-26-24(28)16-21(18-10-9-11-19(25)15-18)22-17-27(2)23-13-7-6-12-20(22)23/h6-7,9-13,15,17,21H,3-5,8,14,16H2,1-2H3,(H,26,28)/t21-/m0/s1. The number of halogens is 1. The van der Waals surface area contributed by atoms with E-state index in [0.717, 1.165) is 34.9 Å². The summed E-state index contributed by atoms with van der Waals surface area (Å²) in [6, 6.07) is 14.7. The number of amides is 1. The van der Waals surface area contributed by atoms with Gasteiger partial charge < -0.3 is 9.88 Å². The van der Waals surface area contributed by atoms with Crippen molar-refractivity contribution in [3.63, 3.8) is 0 Å². The number of fused-ring (bicyclic) bond motifs is 1. The first kappa shape index (κ1) is 20.1. The summed E-state index contributed by atoms with van der Waals surface area (Å²) in [5.74, 6) is -0.446. The van der Waals surface area contributed by atoms with Crippen LogP contribution in [-0.4, -0.2) is 17.0 Å². The highest BCUT2D eigenvalue weighted by molar-refractivity contribution is 5.86. The first-order valence-corrected chi connectivity index (χ1v) is 10.2. The Morgan fingerprint density at radius 1 is 1.11 bits per heavy atom. The molecule has 0 saturated carbocycles. The van der Waals surface area contributed by atoms with Crippen LogP contribution in [0, 0.1) is 5.82 Å². The molecule has 0 aliphatic carbocycles. The fourth-order valence-electron chi connectivity index (χ4n) is 3.82. The molecule has 0 radical (unpaired) electrons. The number of hydrogen-bond donors (Lipinski definition) is 1. The Bertz CT molecular complexity index is 931. The predicted octanol–water partition coefficient (Wildman–Crippen LogP) is 5.54. The Balaban J connectivity index is 1.85. The summed E-state index contributed by atoms with van der Waals surface area (Å²) in [4.78, 5) is 12.6. The molecule has 1 aromatic heterocycles. The Hall–Kier alpha value is -2.62. The van der Waals surface area contributed by atoms with Gasteiger partial charge in [-0.1, -0.05) is 56.5 Å². The van der Waals surface area contributed by atoms with Gasteiger partial charge in [0.1, 0.15) is 5.82 Å². The van der Waals surface area contributed by atoms with E-state index in [4.69, 9.17) is 0 Å². The van der Waals surface area contributed by atoms with Crippen LogP contribution in [0.5, 0.6) is 0 Å². The van der Waals surface area contributed by atoms with Gasteiger partial charge in [-0.15, -0.1) is 0 Å². The first-order chi connectivity index (χ1) is 13.6. The Morgan fingerprint density at radius 2 is 1.93 bits per heavy atom. The number of aromatic nitrogens is 1. The second-order valence-electron chi connectivity index (χ2n) is 7.43. The number of rotatable bonds is 9. The van der Waals surface area contributed by atoms with Crippen molar-refractivity contribution in [1.29, 1.82) is 0 Å². The fraction of sp³-hybridized carbons (Fsp3) is 0.375. The number of nitrogens with zero attached hydrogens (tertiary/aromatic N) is 1. The van der Waals surface area contributed by atoms with Gasteiger partial charge in [0.2, 0.25) is 5.91 Å². The molecule has 0 saturated heterocycles. The van der Waals surface area contributed by atoms with Crippen molar-refractivity contribution in [2.75, 3.05) is 6.54 Å². The van der Waals surface area contributed by atoms with E-state index in [9.17, 15) is 9.18 Å². The second-order valence-corrected chi connectivity index (χ2v) is 7.43. The largest absolute Gasteiger partial charge is 0.356 e. The van der Waals surface area contributed by atoms with E-state index >= 15 is 0 Å². The molecule has 3 rings (SSSR count). The molecule has 0 unspecified atom stereocenters. The topological polar surface area (TPSA) is 34.0 Å². The second kappa shape index (κ2) is 9.54. The molecule has 3 aromatic rings. The molecular weight excluding hydrogens is 351 g/mol. The number of carbonyl (C=O) groups is 1. The minimum absolute atomic E-state index is 0.0127. The molecule has 1 heterocycles. The molecule has 0 fully saturated rings. The predicted molar refractivity (Wildman–Crippen MR) is 113 cm³/mol. The van der Waals surface area contributed by atoms with Crippen LogP contribution in [-0.2, 0) is 11.8 Å². The molecule has 0 aliphatic heterocycles. The summed E-state index contributed by atoms with van der Waals surface area (Å²) in [5.41, 5.74) is 3.00. The Labute approximate surface area is 166 Å². The van der Waals surface area contributed by atoms with Crippen LogP contribution < -0.4 is 5.32 Å². The summed E-state index contributed by atoms with van der Waals surface area (Å²) in [5, 5.41) is 4.15. The third kappa shape index (κ3) is 4.80. The first-order valence-electron chi connectivity index (χ1n) is 10.2. The molecule has 28 heavy (non-hydrogen) atoms. The maximum absolute atomic E-state index is 13.9. The minimum atomic E-state index is -0.275. The summed E-state index contributed by atoms with van der Waals surface area (Å²) < 4.78 is 16.0. The summed E-state index contributed by atoms with van der Waals surface area (Å²) in [6.07, 6.45) is 6.88. The molecule has 0 aliphatic rings. The lowest BCUT2D eigenvalue weighted by Crippen LogP contribution is -2.26. The van der Waals surface area contributed by atoms with Gasteiger partial charge in [0.05, 0.1) is 0 Å². The SMILES string of the molecule is CCCCCCNC(=O)C[C@@H](c1cccc(F)c1)c1cn(C)c2ccccc12. The van der Waals surface area contributed by atoms with Gasteiger partial charge in [-0.2, -0.15) is 0 Å². The third-order valence-electron chi connectivity index (χ3n) is 5.30. The summed E-state index contributed by atoms with van der Waals surface area (Å²) in [7, 11) is 2.00. The van der Waals surface area contributed by atoms with E-state index in [2.05, 4.69) is 35.1 Å². The number of hydrogen-bond acceptors (Lipinski definition) is 1. The zero-order chi connectivity index (χ0) is 19.9. The Morgan fingerprint density at radius 3 is 2.71 bits per heavy atom. The lowest BCUT2D eigenvalue weighted by atomic mass is 9.88. The van der Waals surface area contributed by atoms with Gasteiger partial charge in [-0.05, 0) is 35.7 Å². The lowest BCUT2D eigenvalue weighted by Gasteiger charge is -2.17. The van der Waals surface area contributed by atoms with E-state index in [0.29, 0.717) is 13.0 Å². The molecule has 4 heteroatoms. The number of aryl methyl sites for hydroxylation is 1. The third-order valence-corrected chi connectivity index (χ3v) is 5.30. The van der Waals surface area contributed by atoms with Crippen molar-refractivity contribution in [2.24, 2.45) is 7.05 Å². The molecular formula is C24H29FN2O. The highest BCUT2D eigenvalue weighted by Gasteiger charge is 2.22. The van der Waals surface area contributed by atoms with E-state index in [1.165, 1.54) is 18.9 Å². The van der Waals surface area contributed by atoms with E-state index < -0.39 is 0 Å². The average Bonchev–Trinajstić information content (AvgIpc) is 3.03.